The zero-order chi connectivity index (χ0) is 21.3. The van der Waals surface area contributed by atoms with E-state index in [9.17, 15) is 4.79 Å². The molecule has 0 aromatic carbocycles. The fourth-order valence-electron chi connectivity index (χ4n) is 4.66. The van der Waals surface area contributed by atoms with Crippen molar-refractivity contribution in [3.63, 3.8) is 0 Å². The number of nitrogens with one attached hydrogen (secondary N) is 1. The van der Waals surface area contributed by atoms with Crippen LogP contribution in [0.2, 0.25) is 0 Å². The van der Waals surface area contributed by atoms with Gasteiger partial charge in [0.05, 0.1) is 18.3 Å². The summed E-state index contributed by atoms with van der Waals surface area (Å²) in [7, 11) is 0. The van der Waals surface area contributed by atoms with Crippen molar-refractivity contribution in [2.75, 3.05) is 24.1 Å². The van der Waals surface area contributed by atoms with Crippen LogP contribution in [0.5, 0.6) is 0 Å². The average Bonchev–Trinajstić information content (AvgIpc) is 3.16. The van der Waals surface area contributed by atoms with Gasteiger partial charge in [-0.05, 0) is 36.6 Å². The van der Waals surface area contributed by atoms with Gasteiger partial charge in [-0.25, -0.2) is 9.97 Å². The molecule has 5 rings (SSSR count). The highest BCUT2D eigenvalue weighted by Gasteiger charge is 2.51. The van der Waals surface area contributed by atoms with Crippen LogP contribution in [-0.2, 0) is 11.3 Å². The number of allylic oxidation sites excluding steroid dienone is 1. The molecule has 31 heavy (non-hydrogen) atoms. The van der Waals surface area contributed by atoms with Crippen LogP contribution in [0.25, 0.3) is 11.1 Å². The fourth-order valence-corrected chi connectivity index (χ4v) is 4.66. The first-order valence-corrected chi connectivity index (χ1v) is 10.3. The summed E-state index contributed by atoms with van der Waals surface area (Å²) in [5.41, 5.74) is 9.37. The quantitative estimate of drug-likeness (QED) is 0.444. The maximum absolute atomic E-state index is 10.5. The third kappa shape index (κ3) is 3.86. The van der Waals surface area contributed by atoms with Gasteiger partial charge in [0.2, 0.25) is 0 Å². The molecular formula is C22H24N8O. The van der Waals surface area contributed by atoms with E-state index < -0.39 is 0 Å². The number of likely N-dealkylation sites (tertiary alicyclic amines) is 1. The molecule has 3 aromatic rings. The largest absolute Gasteiger partial charge is 0.383 e. The Kier molecular flexibility index (Phi) is 4.85. The van der Waals surface area contributed by atoms with Crippen molar-refractivity contribution in [2.45, 2.75) is 25.4 Å². The van der Waals surface area contributed by atoms with Crippen molar-refractivity contribution in [1.29, 1.82) is 0 Å². The molecule has 158 valence electrons. The zero-order valence-electron chi connectivity index (χ0n) is 17.1. The van der Waals surface area contributed by atoms with Gasteiger partial charge in [-0.1, -0.05) is 0 Å². The topological polar surface area (TPSA) is 115 Å². The smallest absolute Gasteiger partial charge is 0.144 e. The number of carbonyl (C=O) groups is 1. The van der Waals surface area contributed by atoms with E-state index >= 15 is 0 Å². The molecule has 2 fully saturated rings. The van der Waals surface area contributed by atoms with Crippen LogP contribution >= 0.6 is 0 Å². The molecule has 9 heteroatoms. The van der Waals surface area contributed by atoms with Crippen LogP contribution in [-0.4, -0.2) is 55.0 Å². The third-order valence-corrected chi connectivity index (χ3v) is 6.04. The molecule has 3 aromatic heterocycles. The van der Waals surface area contributed by atoms with E-state index in [4.69, 9.17) is 5.73 Å². The van der Waals surface area contributed by atoms with Crippen molar-refractivity contribution in [2.24, 2.45) is 5.41 Å². The van der Waals surface area contributed by atoms with E-state index in [1.807, 2.05) is 29.2 Å². The normalized spacial score (nSPS) is 17.5. The van der Waals surface area contributed by atoms with E-state index in [0.29, 0.717) is 23.8 Å². The molecule has 9 nitrogen and oxygen atoms in total. The number of pyridine rings is 1. The molecule has 0 bridgehead atoms. The van der Waals surface area contributed by atoms with Crippen molar-refractivity contribution < 1.29 is 4.79 Å². The summed E-state index contributed by atoms with van der Waals surface area (Å²) < 4.78 is 1.87. The van der Waals surface area contributed by atoms with Crippen LogP contribution < -0.4 is 11.1 Å². The van der Waals surface area contributed by atoms with Gasteiger partial charge in [-0.2, -0.15) is 5.10 Å². The van der Waals surface area contributed by atoms with E-state index in [1.165, 1.54) is 6.33 Å². The Balaban J connectivity index is 1.27. The molecular weight excluding hydrogens is 392 g/mol. The Morgan fingerprint density at radius 2 is 2.03 bits per heavy atom. The van der Waals surface area contributed by atoms with Crippen LogP contribution in [0.1, 0.15) is 18.4 Å². The maximum atomic E-state index is 10.5. The number of nitrogens with zero attached hydrogens (tertiary/aromatic N) is 6. The fraction of sp³-hybridized carbons (Fsp3) is 0.318. The van der Waals surface area contributed by atoms with E-state index in [2.05, 4.69) is 30.3 Å². The molecule has 0 unspecified atom stereocenters. The second kappa shape index (κ2) is 7.82. The number of hydrogen-bond acceptors (Lipinski definition) is 8. The number of nitrogens with two attached hydrogens (primary N) is 1. The lowest BCUT2D eigenvalue weighted by atomic mass is 9.61. The average molecular weight is 416 g/mol. The van der Waals surface area contributed by atoms with Gasteiger partial charge < -0.3 is 16.0 Å². The van der Waals surface area contributed by atoms with Crippen molar-refractivity contribution in [3.8, 4) is 11.1 Å². The Hall–Kier alpha value is -3.75. The molecule has 4 heterocycles. The predicted octanol–water partition coefficient (Wildman–Crippen LogP) is 1.95. The third-order valence-electron chi connectivity index (χ3n) is 6.04. The predicted molar refractivity (Wildman–Crippen MR) is 117 cm³/mol. The summed E-state index contributed by atoms with van der Waals surface area (Å²) >= 11 is 0. The van der Waals surface area contributed by atoms with Gasteiger partial charge in [-0.3, -0.25) is 14.5 Å². The number of hydrogen-bond donors (Lipinski definition) is 2. The van der Waals surface area contributed by atoms with Crippen molar-refractivity contribution >= 4 is 17.9 Å². The van der Waals surface area contributed by atoms with Gasteiger partial charge in [0, 0.05) is 54.9 Å². The summed E-state index contributed by atoms with van der Waals surface area (Å²) in [5, 5.41) is 8.04. The van der Waals surface area contributed by atoms with Crippen LogP contribution in [0.15, 0.2) is 55.5 Å². The maximum Gasteiger partial charge on any atom is 0.144 e. The Morgan fingerprint density at radius 1 is 1.23 bits per heavy atom. The minimum Gasteiger partial charge on any atom is -0.383 e. The number of rotatable bonds is 7. The number of anilines is 2. The lowest BCUT2D eigenvalue weighted by Gasteiger charge is -2.59. The molecule has 1 saturated heterocycles. The summed E-state index contributed by atoms with van der Waals surface area (Å²) in [5.74, 6) is 1.18. The van der Waals surface area contributed by atoms with Gasteiger partial charge >= 0.3 is 0 Å². The highest BCUT2D eigenvalue weighted by atomic mass is 16.1. The lowest BCUT2D eigenvalue weighted by Crippen LogP contribution is -2.63. The first-order chi connectivity index (χ1) is 15.1. The molecule has 0 atom stereocenters. The Bertz CT molecular complexity index is 1100. The molecule has 1 spiro atoms. The van der Waals surface area contributed by atoms with E-state index in [0.717, 1.165) is 54.7 Å². The molecule has 1 aliphatic heterocycles. The molecule has 1 aliphatic carbocycles. The summed E-state index contributed by atoms with van der Waals surface area (Å²) in [6, 6.07) is 4.28. The highest BCUT2D eigenvalue weighted by molar-refractivity contribution is 5.83. The van der Waals surface area contributed by atoms with E-state index in [-0.39, 0.29) is 0 Å². The number of aromatic nitrogens is 5. The second-order valence-electron chi connectivity index (χ2n) is 8.40. The number of carbonyl (C=O) groups excluding carboxylic acids is 1. The summed E-state index contributed by atoms with van der Waals surface area (Å²) in [6.07, 6.45) is 15.2. The minimum absolute atomic E-state index is 0.345. The van der Waals surface area contributed by atoms with E-state index in [1.54, 1.807) is 24.7 Å². The van der Waals surface area contributed by atoms with Crippen LogP contribution in [0.3, 0.4) is 0 Å². The molecule has 3 N–H and O–H groups in total. The summed E-state index contributed by atoms with van der Waals surface area (Å²) in [6.45, 7) is 2.64. The number of aldehydes is 1. The van der Waals surface area contributed by atoms with Gasteiger partial charge in [-0.15, -0.1) is 0 Å². The summed E-state index contributed by atoms with van der Waals surface area (Å²) in [4.78, 5) is 25.4. The first kappa shape index (κ1) is 19.2. The second-order valence-corrected chi connectivity index (χ2v) is 8.40. The Morgan fingerprint density at radius 3 is 2.81 bits per heavy atom. The van der Waals surface area contributed by atoms with Gasteiger partial charge in [0.25, 0.3) is 0 Å². The number of nitrogen functional groups attached to an aromatic ring is 1. The minimum atomic E-state index is 0.345. The van der Waals surface area contributed by atoms with Gasteiger partial charge in [0.15, 0.2) is 0 Å². The van der Waals surface area contributed by atoms with Crippen molar-refractivity contribution in [3.05, 3.63) is 61.1 Å². The van der Waals surface area contributed by atoms with Crippen molar-refractivity contribution in [1.82, 2.24) is 29.6 Å². The highest BCUT2D eigenvalue weighted by Crippen LogP contribution is 2.49. The molecule has 2 aliphatic rings. The zero-order valence-corrected chi connectivity index (χ0v) is 17.1. The van der Waals surface area contributed by atoms with Gasteiger partial charge in [0.1, 0.15) is 24.2 Å². The SMILES string of the molecule is Nc1ncnc(NC2CC3(C2)CN(C=CC=O)C3)c1-c1cnn(Cc2ccncc2)c1. The molecule has 0 amide bonds. The van der Waals surface area contributed by atoms with Crippen LogP contribution in [0.4, 0.5) is 11.6 Å². The first-order valence-electron chi connectivity index (χ1n) is 10.3. The lowest BCUT2D eigenvalue weighted by molar-refractivity contribution is -0.104. The molecule has 0 radical (unpaired) electrons. The Labute approximate surface area is 180 Å². The molecule has 1 saturated carbocycles. The monoisotopic (exact) mass is 416 g/mol. The van der Waals surface area contributed by atoms with Crippen LogP contribution in [0, 0.1) is 5.41 Å². The standard InChI is InChI=1S/C22H24N8O/c23-20-19(17-10-27-30(12-17)11-16-2-4-24-5-3-16)21(26-15-25-20)28-18-8-22(9-18)13-29(14-22)6-1-7-31/h1-7,10,12,15,18H,8-9,11,13-14H2,(H3,23,25,26,28).